The van der Waals surface area contributed by atoms with E-state index in [1.54, 1.807) is 18.8 Å². The van der Waals surface area contributed by atoms with Crippen LogP contribution in [0.1, 0.15) is 12.8 Å². The van der Waals surface area contributed by atoms with Crippen LogP contribution in [0.25, 0.3) is 0 Å². The van der Waals surface area contributed by atoms with Crippen molar-refractivity contribution in [3.8, 4) is 0 Å². The van der Waals surface area contributed by atoms with E-state index in [2.05, 4.69) is 0 Å². The second-order valence-corrected chi connectivity index (χ2v) is 7.80. The van der Waals surface area contributed by atoms with Crippen LogP contribution >= 0.6 is 11.8 Å². The Bertz CT molecular complexity index is 495. The fraction of sp³-hybridized carbons (Fsp3) is 0.500. The summed E-state index contributed by atoms with van der Waals surface area (Å²) in [6.45, 7) is 0. The SMILES string of the molecule is CN(C1CC1)S(=O)(=O)CCSc1ccc(N)cc1. The molecule has 0 spiro atoms. The van der Waals surface area contributed by atoms with E-state index in [-0.39, 0.29) is 11.8 Å². The van der Waals surface area contributed by atoms with E-state index in [1.807, 2.05) is 24.3 Å². The molecular formula is C12H18N2O2S2. The van der Waals surface area contributed by atoms with Crippen LogP contribution < -0.4 is 5.73 Å². The van der Waals surface area contributed by atoms with E-state index >= 15 is 0 Å². The summed E-state index contributed by atoms with van der Waals surface area (Å²) in [7, 11) is -1.41. The summed E-state index contributed by atoms with van der Waals surface area (Å²) >= 11 is 1.54. The van der Waals surface area contributed by atoms with Gasteiger partial charge >= 0.3 is 0 Å². The summed E-state index contributed by atoms with van der Waals surface area (Å²) in [6, 6.07) is 7.73. The van der Waals surface area contributed by atoms with Crippen LogP contribution in [-0.4, -0.2) is 37.3 Å². The summed E-state index contributed by atoms with van der Waals surface area (Å²) in [5, 5.41) is 0. The molecule has 1 fully saturated rings. The molecule has 1 aliphatic rings. The van der Waals surface area contributed by atoms with E-state index in [9.17, 15) is 8.42 Å². The number of rotatable bonds is 6. The first-order chi connectivity index (χ1) is 8.49. The van der Waals surface area contributed by atoms with Gasteiger partial charge in [0.05, 0.1) is 5.75 Å². The number of nitrogen functional groups attached to an aromatic ring is 1. The smallest absolute Gasteiger partial charge is 0.214 e. The molecule has 1 aromatic rings. The number of anilines is 1. The Morgan fingerprint density at radius 2 is 1.94 bits per heavy atom. The van der Waals surface area contributed by atoms with Gasteiger partial charge in [-0.25, -0.2) is 12.7 Å². The van der Waals surface area contributed by atoms with Crippen LogP contribution in [0, 0.1) is 0 Å². The van der Waals surface area contributed by atoms with E-state index in [1.165, 1.54) is 4.31 Å². The molecule has 0 unspecified atom stereocenters. The topological polar surface area (TPSA) is 63.4 Å². The lowest BCUT2D eigenvalue weighted by Gasteiger charge is -2.15. The minimum atomic E-state index is -3.09. The van der Waals surface area contributed by atoms with Gasteiger partial charge in [-0.05, 0) is 37.1 Å². The molecule has 2 N–H and O–H groups in total. The number of hydrogen-bond donors (Lipinski definition) is 1. The second-order valence-electron chi connectivity index (χ2n) is 4.48. The Balaban J connectivity index is 1.82. The molecule has 0 radical (unpaired) electrons. The van der Waals surface area contributed by atoms with Crippen LogP contribution in [0.5, 0.6) is 0 Å². The maximum Gasteiger partial charge on any atom is 0.214 e. The van der Waals surface area contributed by atoms with Gasteiger partial charge in [-0.15, -0.1) is 11.8 Å². The molecule has 0 bridgehead atoms. The molecule has 6 heteroatoms. The standard InChI is InChI=1S/C12H18N2O2S2/c1-14(11-4-5-11)18(15,16)9-8-17-12-6-2-10(13)3-7-12/h2-3,6-7,11H,4-5,8-9,13H2,1H3. The first-order valence-corrected chi connectivity index (χ1v) is 8.52. The molecule has 18 heavy (non-hydrogen) atoms. The molecule has 1 aromatic carbocycles. The molecule has 4 nitrogen and oxygen atoms in total. The van der Waals surface area contributed by atoms with Gasteiger partial charge in [-0.3, -0.25) is 0 Å². The zero-order valence-electron chi connectivity index (χ0n) is 10.4. The van der Waals surface area contributed by atoms with Gasteiger partial charge in [0.25, 0.3) is 0 Å². The Morgan fingerprint density at radius 3 is 2.50 bits per heavy atom. The lowest BCUT2D eigenvalue weighted by molar-refractivity contribution is 0.465. The average Bonchev–Trinajstić information content (AvgIpc) is 3.14. The highest BCUT2D eigenvalue weighted by atomic mass is 32.2. The first-order valence-electron chi connectivity index (χ1n) is 5.93. The predicted octanol–water partition coefficient (Wildman–Crippen LogP) is 1.78. The molecule has 1 aliphatic carbocycles. The van der Waals surface area contributed by atoms with Gasteiger partial charge in [-0.2, -0.15) is 0 Å². The van der Waals surface area contributed by atoms with Crippen molar-refractivity contribution < 1.29 is 8.42 Å². The van der Waals surface area contributed by atoms with Crippen molar-refractivity contribution in [3.63, 3.8) is 0 Å². The van der Waals surface area contributed by atoms with E-state index in [0.29, 0.717) is 5.75 Å². The van der Waals surface area contributed by atoms with Gasteiger partial charge < -0.3 is 5.73 Å². The monoisotopic (exact) mass is 286 g/mol. The summed E-state index contributed by atoms with van der Waals surface area (Å²) < 4.78 is 25.4. The van der Waals surface area contributed by atoms with Crippen molar-refractivity contribution in [1.82, 2.24) is 4.31 Å². The highest BCUT2D eigenvalue weighted by molar-refractivity contribution is 8.00. The number of benzene rings is 1. The van der Waals surface area contributed by atoms with Gasteiger partial charge in [0.15, 0.2) is 0 Å². The highest BCUT2D eigenvalue weighted by Crippen LogP contribution is 2.28. The fourth-order valence-electron chi connectivity index (χ4n) is 1.64. The number of thioether (sulfide) groups is 1. The van der Waals surface area contributed by atoms with Gasteiger partial charge in [0.2, 0.25) is 10.0 Å². The summed E-state index contributed by atoms with van der Waals surface area (Å²) in [5.41, 5.74) is 6.32. The lowest BCUT2D eigenvalue weighted by Crippen LogP contribution is -2.31. The van der Waals surface area contributed by atoms with Crippen LogP contribution in [0.2, 0.25) is 0 Å². The third kappa shape index (κ3) is 3.63. The van der Waals surface area contributed by atoms with Gasteiger partial charge in [-0.1, -0.05) is 0 Å². The number of nitrogens with zero attached hydrogens (tertiary/aromatic N) is 1. The third-order valence-corrected chi connectivity index (χ3v) is 6.16. The van der Waals surface area contributed by atoms with E-state index in [0.717, 1.165) is 23.4 Å². The van der Waals surface area contributed by atoms with Crippen molar-refractivity contribution in [1.29, 1.82) is 0 Å². The number of sulfonamides is 1. The van der Waals surface area contributed by atoms with E-state index < -0.39 is 10.0 Å². The minimum absolute atomic E-state index is 0.190. The molecule has 2 rings (SSSR count). The molecule has 0 heterocycles. The molecule has 1 saturated carbocycles. The zero-order valence-corrected chi connectivity index (χ0v) is 12.0. The fourth-order valence-corrected chi connectivity index (χ4v) is 4.33. The minimum Gasteiger partial charge on any atom is -0.399 e. The number of hydrogen-bond acceptors (Lipinski definition) is 4. The quantitative estimate of drug-likeness (QED) is 0.639. The molecular weight excluding hydrogens is 268 g/mol. The van der Waals surface area contributed by atoms with Crippen molar-refractivity contribution in [2.45, 2.75) is 23.8 Å². The summed E-state index contributed by atoms with van der Waals surface area (Å²) in [4.78, 5) is 1.05. The molecule has 0 amide bonds. The Labute approximate surface area is 113 Å². The summed E-state index contributed by atoms with van der Waals surface area (Å²) in [6.07, 6.45) is 2.00. The zero-order chi connectivity index (χ0) is 13.2. The molecule has 0 atom stereocenters. The predicted molar refractivity (Wildman–Crippen MR) is 76.2 cm³/mol. The third-order valence-electron chi connectivity index (χ3n) is 2.99. The highest BCUT2D eigenvalue weighted by Gasteiger charge is 2.33. The van der Waals surface area contributed by atoms with Crippen LogP contribution in [-0.2, 0) is 10.0 Å². The van der Waals surface area contributed by atoms with Gasteiger partial charge in [0.1, 0.15) is 0 Å². The van der Waals surface area contributed by atoms with Gasteiger partial charge in [0, 0.05) is 29.4 Å². The average molecular weight is 286 g/mol. The Morgan fingerprint density at radius 1 is 1.33 bits per heavy atom. The first kappa shape index (κ1) is 13.7. The molecule has 0 saturated heterocycles. The Kier molecular flexibility index (Phi) is 4.19. The molecule has 0 aliphatic heterocycles. The van der Waals surface area contributed by atoms with Crippen LogP contribution in [0.4, 0.5) is 5.69 Å². The van der Waals surface area contributed by atoms with Crippen LogP contribution in [0.15, 0.2) is 29.2 Å². The van der Waals surface area contributed by atoms with E-state index in [4.69, 9.17) is 5.73 Å². The van der Waals surface area contributed by atoms with Crippen molar-refractivity contribution in [2.24, 2.45) is 0 Å². The van der Waals surface area contributed by atoms with Crippen molar-refractivity contribution in [3.05, 3.63) is 24.3 Å². The maximum absolute atomic E-state index is 11.9. The van der Waals surface area contributed by atoms with Crippen molar-refractivity contribution in [2.75, 3.05) is 24.3 Å². The number of nitrogens with two attached hydrogens (primary N) is 1. The Hall–Kier alpha value is -0.720. The van der Waals surface area contributed by atoms with Crippen molar-refractivity contribution >= 4 is 27.5 Å². The lowest BCUT2D eigenvalue weighted by atomic mass is 10.3. The largest absolute Gasteiger partial charge is 0.399 e. The maximum atomic E-state index is 11.9. The second kappa shape index (κ2) is 5.50. The summed E-state index contributed by atoms with van der Waals surface area (Å²) in [5.74, 6) is 0.762. The molecule has 0 aromatic heterocycles. The van der Waals surface area contributed by atoms with Crippen LogP contribution in [0.3, 0.4) is 0 Å². The normalized spacial score (nSPS) is 16.1. The molecule has 100 valence electrons.